The van der Waals surface area contributed by atoms with Crippen molar-refractivity contribution in [2.24, 2.45) is 0 Å². The number of hydrogen-bond acceptors (Lipinski definition) is 2. The number of rotatable bonds is 3. The SMILES string of the molecule is Cc1cc(NC(C)C(C)Cl)cc(C)n1. The Balaban J connectivity index is 2.76. The van der Waals surface area contributed by atoms with E-state index in [1.54, 1.807) is 0 Å². The lowest BCUT2D eigenvalue weighted by molar-refractivity contribution is 0.772. The summed E-state index contributed by atoms with van der Waals surface area (Å²) in [6.45, 7) is 8.04. The fourth-order valence-corrected chi connectivity index (χ4v) is 1.36. The molecule has 2 nitrogen and oxygen atoms in total. The second kappa shape index (κ2) is 4.65. The van der Waals surface area contributed by atoms with Gasteiger partial charge in [-0.15, -0.1) is 11.6 Å². The van der Waals surface area contributed by atoms with Crippen molar-refractivity contribution in [3.8, 4) is 0 Å². The van der Waals surface area contributed by atoms with Crippen molar-refractivity contribution < 1.29 is 0 Å². The predicted octanol–water partition coefficient (Wildman–Crippen LogP) is 3.13. The third-order valence-electron chi connectivity index (χ3n) is 2.16. The number of nitrogens with one attached hydrogen (secondary N) is 1. The molecule has 0 spiro atoms. The van der Waals surface area contributed by atoms with Gasteiger partial charge in [0.05, 0.1) is 5.38 Å². The molecule has 2 atom stereocenters. The van der Waals surface area contributed by atoms with Gasteiger partial charge in [-0.05, 0) is 39.8 Å². The Morgan fingerprint density at radius 2 is 1.71 bits per heavy atom. The molecule has 0 saturated carbocycles. The standard InChI is InChI=1S/C11H17ClN2/c1-7-5-11(6-8(2)13-7)14-10(4)9(3)12/h5-6,9-10H,1-4H3,(H,13,14). The van der Waals surface area contributed by atoms with E-state index in [2.05, 4.69) is 17.2 Å². The van der Waals surface area contributed by atoms with Gasteiger partial charge >= 0.3 is 0 Å². The minimum atomic E-state index is 0.115. The summed E-state index contributed by atoms with van der Waals surface area (Å²) in [7, 11) is 0. The number of aromatic nitrogens is 1. The Kier molecular flexibility index (Phi) is 3.76. The molecular weight excluding hydrogens is 196 g/mol. The minimum Gasteiger partial charge on any atom is -0.381 e. The first-order valence-electron chi connectivity index (χ1n) is 4.85. The number of halogens is 1. The highest BCUT2D eigenvalue weighted by atomic mass is 35.5. The van der Waals surface area contributed by atoms with Crippen molar-refractivity contribution in [1.82, 2.24) is 4.98 Å². The summed E-state index contributed by atoms with van der Waals surface area (Å²) in [5.74, 6) is 0. The zero-order valence-electron chi connectivity index (χ0n) is 9.13. The van der Waals surface area contributed by atoms with Crippen molar-refractivity contribution in [3.05, 3.63) is 23.5 Å². The minimum absolute atomic E-state index is 0.115. The molecule has 0 fully saturated rings. The number of alkyl halides is 1. The summed E-state index contributed by atoms with van der Waals surface area (Å²) in [4.78, 5) is 4.31. The quantitative estimate of drug-likeness (QED) is 0.779. The average Bonchev–Trinajstić information content (AvgIpc) is 2.01. The molecule has 1 heterocycles. The van der Waals surface area contributed by atoms with Gasteiger partial charge in [0.25, 0.3) is 0 Å². The van der Waals surface area contributed by atoms with Crippen LogP contribution in [0.15, 0.2) is 12.1 Å². The Hall–Kier alpha value is -0.760. The first kappa shape index (κ1) is 11.3. The zero-order chi connectivity index (χ0) is 10.7. The van der Waals surface area contributed by atoms with E-state index in [0.29, 0.717) is 0 Å². The smallest absolute Gasteiger partial charge is 0.0506 e. The van der Waals surface area contributed by atoms with Gasteiger partial charge in [0.1, 0.15) is 0 Å². The highest BCUT2D eigenvalue weighted by Crippen LogP contribution is 2.14. The van der Waals surface area contributed by atoms with E-state index in [1.165, 1.54) is 0 Å². The molecule has 0 aliphatic carbocycles. The van der Waals surface area contributed by atoms with Crippen LogP contribution < -0.4 is 5.32 Å². The number of aryl methyl sites for hydroxylation is 2. The normalized spacial score (nSPS) is 14.9. The van der Waals surface area contributed by atoms with Crippen molar-refractivity contribution in [2.75, 3.05) is 5.32 Å². The zero-order valence-corrected chi connectivity index (χ0v) is 9.89. The third kappa shape index (κ3) is 3.18. The van der Waals surface area contributed by atoms with Gasteiger partial charge in [-0.25, -0.2) is 0 Å². The van der Waals surface area contributed by atoms with Crippen molar-refractivity contribution in [1.29, 1.82) is 0 Å². The lowest BCUT2D eigenvalue weighted by Crippen LogP contribution is -2.24. The van der Waals surface area contributed by atoms with Crippen molar-refractivity contribution >= 4 is 17.3 Å². The molecule has 0 amide bonds. The lowest BCUT2D eigenvalue weighted by Gasteiger charge is -2.17. The van der Waals surface area contributed by atoms with E-state index in [0.717, 1.165) is 17.1 Å². The van der Waals surface area contributed by atoms with Gasteiger partial charge in [0, 0.05) is 23.1 Å². The van der Waals surface area contributed by atoms with E-state index >= 15 is 0 Å². The summed E-state index contributed by atoms with van der Waals surface area (Å²) < 4.78 is 0. The van der Waals surface area contributed by atoms with Gasteiger partial charge in [-0.1, -0.05) is 0 Å². The molecule has 0 aliphatic heterocycles. The summed E-state index contributed by atoms with van der Waals surface area (Å²) in [5, 5.41) is 3.47. The molecule has 1 rings (SSSR count). The maximum absolute atomic E-state index is 5.98. The van der Waals surface area contributed by atoms with Crippen LogP contribution in [0.2, 0.25) is 0 Å². The van der Waals surface area contributed by atoms with Gasteiger partial charge < -0.3 is 5.32 Å². The molecule has 0 saturated heterocycles. The van der Waals surface area contributed by atoms with Crippen LogP contribution >= 0.6 is 11.6 Å². The molecule has 0 radical (unpaired) electrons. The third-order valence-corrected chi connectivity index (χ3v) is 2.54. The molecule has 78 valence electrons. The fourth-order valence-electron chi connectivity index (χ4n) is 1.30. The second-order valence-corrected chi connectivity index (χ2v) is 4.44. The van der Waals surface area contributed by atoms with Crippen LogP contribution in [-0.4, -0.2) is 16.4 Å². The van der Waals surface area contributed by atoms with Crippen molar-refractivity contribution in [3.63, 3.8) is 0 Å². The van der Waals surface area contributed by atoms with E-state index in [4.69, 9.17) is 11.6 Å². The van der Waals surface area contributed by atoms with Crippen LogP contribution in [0.1, 0.15) is 25.2 Å². The highest BCUT2D eigenvalue weighted by molar-refractivity contribution is 6.20. The first-order chi connectivity index (χ1) is 6.49. The molecule has 1 aromatic rings. The summed E-state index contributed by atoms with van der Waals surface area (Å²) in [6, 6.07) is 4.32. The first-order valence-corrected chi connectivity index (χ1v) is 5.28. The average molecular weight is 213 g/mol. The van der Waals surface area contributed by atoms with E-state index in [-0.39, 0.29) is 11.4 Å². The molecule has 1 aromatic heterocycles. The summed E-state index contributed by atoms with van der Waals surface area (Å²) in [6.07, 6.45) is 0. The topological polar surface area (TPSA) is 24.9 Å². The molecule has 2 unspecified atom stereocenters. The van der Waals surface area contributed by atoms with Gasteiger partial charge in [-0.3, -0.25) is 4.98 Å². The molecule has 1 N–H and O–H groups in total. The van der Waals surface area contributed by atoms with E-state index in [9.17, 15) is 0 Å². The Morgan fingerprint density at radius 1 is 1.21 bits per heavy atom. The van der Waals surface area contributed by atoms with E-state index < -0.39 is 0 Å². The fraction of sp³-hybridized carbons (Fsp3) is 0.545. The maximum Gasteiger partial charge on any atom is 0.0506 e. The van der Waals surface area contributed by atoms with Crippen LogP contribution in [0.4, 0.5) is 5.69 Å². The predicted molar refractivity (Wildman–Crippen MR) is 62.1 cm³/mol. The molecule has 0 bridgehead atoms. The monoisotopic (exact) mass is 212 g/mol. The van der Waals surface area contributed by atoms with Crippen LogP contribution in [0, 0.1) is 13.8 Å². The number of pyridine rings is 1. The van der Waals surface area contributed by atoms with Crippen LogP contribution in [0.25, 0.3) is 0 Å². The Labute approximate surface area is 90.7 Å². The van der Waals surface area contributed by atoms with Crippen LogP contribution in [-0.2, 0) is 0 Å². The molecule has 3 heteroatoms. The number of hydrogen-bond donors (Lipinski definition) is 1. The lowest BCUT2D eigenvalue weighted by atomic mass is 10.2. The molecule has 14 heavy (non-hydrogen) atoms. The Bertz CT molecular complexity index is 290. The maximum atomic E-state index is 5.98. The van der Waals surface area contributed by atoms with Gasteiger partial charge in [-0.2, -0.15) is 0 Å². The largest absolute Gasteiger partial charge is 0.381 e. The molecular formula is C11H17ClN2. The Morgan fingerprint density at radius 3 is 2.14 bits per heavy atom. The number of anilines is 1. The van der Waals surface area contributed by atoms with E-state index in [1.807, 2.05) is 32.9 Å². The summed E-state index contributed by atoms with van der Waals surface area (Å²) >= 11 is 5.98. The molecule has 0 aromatic carbocycles. The van der Waals surface area contributed by atoms with Crippen LogP contribution in [0.5, 0.6) is 0 Å². The van der Waals surface area contributed by atoms with Crippen LogP contribution in [0.3, 0.4) is 0 Å². The van der Waals surface area contributed by atoms with Gasteiger partial charge in [0.15, 0.2) is 0 Å². The molecule has 0 aliphatic rings. The van der Waals surface area contributed by atoms with Gasteiger partial charge in [0.2, 0.25) is 0 Å². The number of nitrogens with zero attached hydrogens (tertiary/aromatic N) is 1. The van der Waals surface area contributed by atoms with Crippen molar-refractivity contribution in [2.45, 2.75) is 39.1 Å². The highest BCUT2D eigenvalue weighted by Gasteiger charge is 2.08. The second-order valence-electron chi connectivity index (χ2n) is 3.75. The summed E-state index contributed by atoms with van der Waals surface area (Å²) in [5.41, 5.74) is 3.15.